The summed E-state index contributed by atoms with van der Waals surface area (Å²) in [7, 11) is 0. The number of fused-ring (bicyclic) bond motifs is 1. The molecule has 3 aromatic carbocycles. The molecule has 0 saturated heterocycles. The second-order valence-corrected chi connectivity index (χ2v) is 7.37. The number of hydrogen-bond donors (Lipinski definition) is 0. The molecular weight excluding hydrogens is 348 g/mol. The van der Waals surface area contributed by atoms with Crippen LogP contribution >= 0.6 is 0 Å². The molecule has 141 valence electrons. The normalized spacial score (nSPS) is 19.9. The molecule has 28 heavy (non-hydrogen) atoms. The third kappa shape index (κ3) is 3.06. The summed E-state index contributed by atoms with van der Waals surface area (Å²) in [5, 5.41) is 14.5. The Morgan fingerprint density at radius 1 is 0.929 bits per heavy atom. The van der Waals surface area contributed by atoms with E-state index in [2.05, 4.69) is 0 Å². The number of nitrogens with zero attached hydrogens (tertiary/aromatic N) is 2. The predicted octanol–water partition coefficient (Wildman–Crippen LogP) is 5.68. The highest BCUT2D eigenvalue weighted by Crippen LogP contribution is 2.46. The van der Waals surface area contributed by atoms with Gasteiger partial charge in [0.2, 0.25) is 0 Å². The van der Waals surface area contributed by atoms with E-state index in [0.29, 0.717) is 5.69 Å². The maximum Gasteiger partial charge on any atom is 0.135 e. The molecule has 0 N–H and O–H groups in total. The average Bonchev–Trinajstić information content (AvgIpc) is 2.91. The van der Waals surface area contributed by atoms with Gasteiger partial charge in [0.15, 0.2) is 0 Å². The van der Waals surface area contributed by atoms with Crippen LogP contribution in [0.5, 0.6) is 5.75 Å². The van der Waals surface area contributed by atoms with Gasteiger partial charge in [0.1, 0.15) is 11.3 Å². The van der Waals surface area contributed by atoms with Crippen molar-refractivity contribution in [2.24, 2.45) is 4.99 Å². The van der Waals surface area contributed by atoms with E-state index < -0.39 is 5.54 Å². The number of hydroxylamine groups is 1. The van der Waals surface area contributed by atoms with E-state index in [0.717, 1.165) is 33.3 Å². The Bertz CT molecular complexity index is 1000. The molecule has 0 fully saturated rings. The van der Waals surface area contributed by atoms with Crippen LogP contribution < -0.4 is 9.80 Å². The highest BCUT2D eigenvalue weighted by atomic mass is 16.5. The maximum absolute atomic E-state index is 13.4. The van der Waals surface area contributed by atoms with Crippen LogP contribution in [-0.2, 0) is 10.7 Å². The number of ether oxygens (including phenoxy) is 1. The minimum atomic E-state index is -0.921. The largest absolute Gasteiger partial charge is 0.491 e. The van der Waals surface area contributed by atoms with Gasteiger partial charge in [0.25, 0.3) is 0 Å². The second-order valence-electron chi connectivity index (χ2n) is 7.37. The molecule has 1 aliphatic rings. The average molecular weight is 371 g/mol. The molecular formula is C24H23N2O2. The first-order chi connectivity index (χ1) is 13.5. The molecule has 0 aromatic heterocycles. The van der Waals surface area contributed by atoms with Crippen LogP contribution in [0.15, 0.2) is 83.9 Å². The van der Waals surface area contributed by atoms with Gasteiger partial charge in [-0.05, 0) is 56.7 Å². The lowest BCUT2D eigenvalue weighted by Crippen LogP contribution is -2.42. The highest BCUT2D eigenvalue weighted by Gasteiger charge is 2.48. The van der Waals surface area contributed by atoms with E-state index in [-0.39, 0.29) is 6.10 Å². The molecule has 4 nitrogen and oxygen atoms in total. The van der Waals surface area contributed by atoms with Crippen LogP contribution in [0, 0.1) is 0 Å². The third-order valence-corrected chi connectivity index (χ3v) is 5.01. The molecule has 0 bridgehead atoms. The van der Waals surface area contributed by atoms with Crippen LogP contribution in [0.25, 0.3) is 0 Å². The van der Waals surface area contributed by atoms with E-state index in [9.17, 15) is 5.21 Å². The van der Waals surface area contributed by atoms with Gasteiger partial charge in [0.05, 0.1) is 23.2 Å². The van der Waals surface area contributed by atoms with Gasteiger partial charge in [-0.15, -0.1) is 0 Å². The quantitative estimate of drug-likeness (QED) is 0.592. The number of benzene rings is 3. The van der Waals surface area contributed by atoms with Gasteiger partial charge in [-0.3, -0.25) is 0 Å². The Hall–Kier alpha value is -3.11. The van der Waals surface area contributed by atoms with Crippen LogP contribution in [0.3, 0.4) is 0 Å². The lowest BCUT2D eigenvalue weighted by molar-refractivity contribution is 0.118. The number of anilines is 1. The molecule has 1 unspecified atom stereocenters. The Morgan fingerprint density at radius 2 is 1.57 bits per heavy atom. The molecule has 1 aliphatic heterocycles. The first-order valence-corrected chi connectivity index (χ1v) is 9.48. The van der Waals surface area contributed by atoms with Crippen LogP contribution in [-0.4, -0.2) is 11.8 Å². The van der Waals surface area contributed by atoms with Gasteiger partial charge < -0.3 is 4.74 Å². The molecule has 1 atom stereocenters. The number of hydrogen-bond acceptors (Lipinski definition) is 3. The lowest BCUT2D eigenvalue weighted by Gasteiger charge is -2.31. The SMILES string of the molecule is CC(C)Oc1ccc2c(c1)C(=Nc1ccccc1)C(C)(c1ccccc1)N2[O]. The van der Waals surface area contributed by atoms with E-state index >= 15 is 0 Å². The second kappa shape index (κ2) is 7.13. The summed E-state index contributed by atoms with van der Waals surface area (Å²) in [6.07, 6.45) is 0.0535. The topological polar surface area (TPSA) is 44.7 Å². The fourth-order valence-corrected chi connectivity index (χ4v) is 3.64. The van der Waals surface area contributed by atoms with Crippen molar-refractivity contribution in [1.29, 1.82) is 0 Å². The van der Waals surface area contributed by atoms with Gasteiger partial charge in [0, 0.05) is 5.56 Å². The molecule has 0 amide bonds. The minimum Gasteiger partial charge on any atom is -0.491 e. The molecule has 0 aliphatic carbocycles. The highest BCUT2D eigenvalue weighted by molar-refractivity contribution is 6.17. The monoisotopic (exact) mass is 371 g/mol. The summed E-state index contributed by atoms with van der Waals surface area (Å²) in [5.74, 6) is 0.736. The van der Waals surface area contributed by atoms with Crippen molar-refractivity contribution < 1.29 is 9.94 Å². The Morgan fingerprint density at radius 3 is 2.21 bits per heavy atom. The van der Waals surface area contributed by atoms with Gasteiger partial charge >= 0.3 is 0 Å². The van der Waals surface area contributed by atoms with E-state index in [1.807, 2.05) is 99.6 Å². The van der Waals surface area contributed by atoms with Gasteiger partial charge in [-0.2, -0.15) is 0 Å². The Labute approximate surface area is 165 Å². The van der Waals surface area contributed by atoms with Crippen LogP contribution in [0.4, 0.5) is 11.4 Å². The van der Waals surface area contributed by atoms with Crippen molar-refractivity contribution in [2.45, 2.75) is 32.4 Å². The van der Waals surface area contributed by atoms with E-state index in [4.69, 9.17) is 9.73 Å². The lowest BCUT2D eigenvalue weighted by atomic mass is 9.86. The molecule has 4 rings (SSSR count). The van der Waals surface area contributed by atoms with Crippen molar-refractivity contribution >= 4 is 17.1 Å². The number of rotatable bonds is 4. The van der Waals surface area contributed by atoms with Crippen molar-refractivity contribution in [1.82, 2.24) is 0 Å². The minimum absolute atomic E-state index is 0.0535. The number of para-hydroxylation sites is 1. The van der Waals surface area contributed by atoms with Crippen molar-refractivity contribution in [2.75, 3.05) is 5.06 Å². The molecule has 1 radical (unpaired) electrons. The number of aliphatic imine (C=N–C) groups is 1. The molecule has 4 heteroatoms. The Balaban J connectivity index is 1.93. The molecule has 0 saturated carbocycles. The van der Waals surface area contributed by atoms with Crippen LogP contribution in [0.2, 0.25) is 0 Å². The molecule has 0 spiro atoms. The fraction of sp³-hybridized carbons (Fsp3) is 0.208. The Kier molecular flexibility index (Phi) is 4.65. The van der Waals surface area contributed by atoms with E-state index in [1.165, 1.54) is 0 Å². The molecule has 1 heterocycles. The first kappa shape index (κ1) is 18.3. The van der Waals surface area contributed by atoms with Crippen molar-refractivity contribution in [3.63, 3.8) is 0 Å². The summed E-state index contributed by atoms with van der Waals surface area (Å²) in [5.41, 5.74) is 2.94. The molecule has 3 aromatic rings. The summed E-state index contributed by atoms with van der Waals surface area (Å²) < 4.78 is 5.87. The third-order valence-electron chi connectivity index (χ3n) is 5.01. The summed E-state index contributed by atoms with van der Waals surface area (Å²) in [6.45, 7) is 5.90. The zero-order valence-electron chi connectivity index (χ0n) is 16.3. The summed E-state index contributed by atoms with van der Waals surface area (Å²) in [6, 6.07) is 25.1. The van der Waals surface area contributed by atoms with Gasteiger partial charge in [-0.1, -0.05) is 53.7 Å². The first-order valence-electron chi connectivity index (χ1n) is 9.48. The zero-order chi connectivity index (χ0) is 19.7. The fourth-order valence-electron chi connectivity index (χ4n) is 3.64. The standard InChI is InChI=1S/C24H23N2O2/c1-17(2)28-20-14-15-22-21(16-20)23(25-19-12-8-5-9-13-19)24(3,26(22)27)18-10-6-4-7-11-18/h4-17H,1-3H3. The predicted molar refractivity (Wildman–Crippen MR) is 112 cm³/mol. The smallest absolute Gasteiger partial charge is 0.135 e. The van der Waals surface area contributed by atoms with Crippen molar-refractivity contribution in [3.8, 4) is 5.75 Å². The maximum atomic E-state index is 13.4. The summed E-state index contributed by atoms with van der Waals surface area (Å²) >= 11 is 0. The van der Waals surface area contributed by atoms with Crippen LogP contribution in [0.1, 0.15) is 31.9 Å². The van der Waals surface area contributed by atoms with Crippen molar-refractivity contribution in [3.05, 3.63) is 90.0 Å². The summed E-state index contributed by atoms with van der Waals surface area (Å²) in [4.78, 5) is 4.92. The zero-order valence-corrected chi connectivity index (χ0v) is 16.3. The van der Waals surface area contributed by atoms with Gasteiger partial charge in [-0.25, -0.2) is 10.1 Å². The van der Waals surface area contributed by atoms with E-state index in [1.54, 1.807) is 0 Å².